The molecule has 37 heavy (non-hydrogen) atoms. The van der Waals surface area contributed by atoms with E-state index in [-0.39, 0.29) is 29.6 Å². The summed E-state index contributed by atoms with van der Waals surface area (Å²) in [5.41, 5.74) is -0.134. The van der Waals surface area contributed by atoms with Gasteiger partial charge in [0.2, 0.25) is 6.10 Å². The molecular weight excluding hydrogens is 486 g/mol. The molecule has 2 bridgehead atoms. The Morgan fingerprint density at radius 2 is 1.54 bits per heavy atom. The Balaban J connectivity index is 1.16. The summed E-state index contributed by atoms with van der Waals surface area (Å²) >= 11 is 0. The number of fused-ring (bicyclic) bond motifs is 5. The minimum Gasteiger partial charge on any atom is -0.477 e. The molecule has 6 atom stereocenters. The number of rotatable bonds is 9. The Bertz CT molecular complexity index is 1150. The maximum absolute atomic E-state index is 14.3. The quantitative estimate of drug-likeness (QED) is 0.360. The summed E-state index contributed by atoms with van der Waals surface area (Å²) in [6, 6.07) is 12.0. The summed E-state index contributed by atoms with van der Waals surface area (Å²) in [5.74, 6) is -5.70. The van der Waals surface area contributed by atoms with Crippen molar-refractivity contribution in [2.75, 3.05) is 6.79 Å². The largest absolute Gasteiger partial charge is 0.477 e. The molecule has 3 saturated carbocycles. The van der Waals surface area contributed by atoms with Crippen LogP contribution < -0.4 is 0 Å². The first-order chi connectivity index (χ1) is 17.8. The van der Waals surface area contributed by atoms with Gasteiger partial charge in [-0.15, -0.1) is 0 Å². The Hall–Kier alpha value is -3.33. The van der Waals surface area contributed by atoms with Crippen LogP contribution in [0.3, 0.4) is 0 Å². The number of carbonyl (C=O) groups excluding carboxylic acids is 2. The number of esters is 2. The van der Waals surface area contributed by atoms with Crippen molar-refractivity contribution < 1.29 is 42.5 Å². The van der Waals surface area contributed by atoms with Crippen LogP contribution in [0.1, 0.15) is 64.5 Å². The van der Waals surface area contributed by atoms with Gasteiger partial charge in [-0.2, -0.15) is 8.78 Å². The zero-order chi connectivity index (χ0) is 26.2. The molecule has 0 amide bonds. The molecule has 2 aromatic rings. The summed E-state index contributed by atoms with van der Waals surface area (Å²) in [5, 5.41) is 8.96. The molecule has 0 aromatic heterocycles. The Kier molecular flexibility index (Phi) is 6.98. The van der Waals surface area contributed by atoms with E-state index in [9.17, 15) is 23.2 Å². The Morgan fingerprint density at radius 3 is 2.22 bits per heavy atom. The third kappa shape index (κ3) is 4.97. The average Bonchev–Trinajstić information content (AvgIpc) is 3.62. The highest BCUT2D eigenvalue weighted by Crippen LogP contribution is 2.59. The van der Waals surface area contributed by atoms with Crippen LogP contribution >= 0.6 is 0 Å². The fourth-order valence-corrected chi connectivity index (χ4v) is 6.46. The standard InChI is InChI=1S/C28H28F2O7/c29-28(30,27(33)34)24(16-5-2-1-3-6-16)37-26(32)18-11-9-17(10-12-18)25(31)36-15-35-23-14-19-13-22(23)21-8-4-7-20(19)21/h1-3,5-6,9-12,19-24H,4,7-8,13-15H2,(H,33,34). The number of hydrogen-bond donors (Lipinski definition) is 1. The molecule has 0 aliphatic heterocycles. The lowest BCUT2D eigenvalue weighted by atomic mass is 9.80. The Morgan fingerprint density at radius 1 is 0.892 bits per heavy atom. The summed E-state index contributed by atoms with van der Waals surface area (Å²) in [7, 11) is 0. The monoisotopic (exact) mass is 514 g/mol. The molecule has 196 valence electrons. The van der Waals surface area contributed by atoms with Crippen LogP contribution in [0, 0.1) is 23.7 Å². The van der Waals surface area contributed by atoms with Crippen molar-refractivity contribution in [1.29, 1.82) is 0 Å². The maximum Gasteiger partial charge on any atom is 0.382 e. The number of ether oxygens (including phenoxy) is 3. The summed E-state index contributed by atoms with van der Waals surface area (Å²) in [4.78, 5) is 36.1. The molecule has 0 radical (unpaired) electrons. The van der Waals surface area contributed by atoms with E-state index in [0.717, 1.165) is 24.2 Å². The number of alkyl halides is 2. The number of hydrogen-bond acceptors (Lipinski definition) is 6. The van der Waals surface area contributed by atoms with E-state index < -0.39 is 29.9 Å². The van der Waals surface area contributed by atoms with Gasteiger partial charge >= 0.3 is 23.8 Å². The SMILES string of the molecule is O=C(OCOC1CC2CC1C1CCCC21)c1ccc(C(=O)OC(c2ccccc2)C(F)(F)C(=O)O)cc1. The van der Waals surface area contributed by atoms with Crippen molar-refractivity contribution in [3.05, 3.63) is 71.3 Å². The van der Waals surface area contributed by atoms with Crippen LogP contribution in [0.15, 0.2) is 54.6 Å². The van der Waals surface area contributed by atoms with Gasteiger partial charge in [0.25, 0.3) is 0 Å². The molecule has 0 heterocycles. The van der Waals surface area contributed by atoms with Gasteiger partial charge in [0, 0.05) is 0 Å². The van der Waals surface area contributed by atoms with Crippen molar-refractivity contribution in [3.8, 4) is 0 Å². The van der Waals surface area contributed by atoms with Gasteiger partial charge in [-0.1, -0.05) is 36.8 Å². The van der Waals surface area contributed by atoms with Crippen LogP contribution in [-0.2, 0) is 19.0 Å². The summed E-state index contributed by atoms with van der Waals surface area (Å²) in [6.45, 7) is -0.156. The van der Waals surface area contributed by atoms with Crippen molar-refractivity contribution in [2.24, 2.45) is 23.7 Å². The number of benzene rings is 2. The number of carbonyl (C=O) groups is 3. The highest BCUT2D eigenvalue weighted by molar-refractivity contribution is 5.93. The molecule has 0 spiro atoms. The van der Waals surface area contributed by atoms with Crippen molar-refractivity contribution in [2.45, 2.75) is 50.2 Å². The third-order valence-electron chi connectivity index (χ3n) is 8.14. The van der Waals surface area contributed by atoms with Crippen LogP contribution in [-0.4, -0.2) is 41.8 Å². The molecule has 5 rings (SSSR count). The van der Waals surface area contributed by atoms with Gasteiger partial charge in [0.15, 0.2) is 6.79 Å². The molecule has 3 aliphatic carbocycles. The lowest BCUT2D eigenvalue weighted by Crippen LogP contribution is -2.38. The fraction of sp³-hybridized carbons (Fsp3) is 0.464. The van der Waals surface area contributed by atoms with Crippen LogP contribution in [0.2, 0.25) is 0 Å². The fourth-order valence-electron chi connectivity index (χ4n) is 6.46. The van der Waals surface area contributed by atoms with Gasteiger partial charge in [-0.25, -0.2) is 14.4 Å². The lowest BCUT2D eigenvalue weighted by Gasteiger charge is -2.31. The molecule has 1 N–H and O–H groups in total. The first-order valence-corrected chi connectivity index (χ1v) is 12.5. The lowest BCUT2D eigenvalue weighted by molar-refractivity contribution is -0.183. The van der Waals surface area contributed by atoms with Crippen LogP contribution in [0.25, 0.3) is 0 Å². The molecule has 2 aromatic carbocycles. The van der Waals surface area contributed by atoms with E-state index in [1.54, 1.807) is 6.07 Å². The second-order valence-corrected chi connectivity index (χ2v) is 10.1. The van der Waals surface area contributed by atoms with E-state index in [0.29, 0.717) is 5.92 Å². The first kappa shape index (κ1) is 25.3. The first-order valence-electron chi connectivity index (χ1n) is 12.5. The van der Waals surface area contributed by atoms with E-state index in [1.165, 1.54) is 74.2 Å². The summed E-state index contributed by atoms with van der Waals surface area (Å²) < 4.78 is 44.8. The molecule has 6 unspecified atom stereocenters. The summed E-state index contributed by atoms with van der Waals surface area (Å²) in [6.07, 6.45) is 3.90. The molecule has 3 fully saturated rings. The maximum atomic E-state index is 14.3. The minimum absolute atomic E-state index is 0.121. The van der Waals surface area contributed by atoms with Gasteiger partial charge in [-0.05, 0) is 79.2 Å². The normalized spacial score (nSPS) is 26.9. The molecule has 7 nitrogen and oxygen atoms in total. The number of carboxylic acid groups (broad SMARTS) is 1. The van der Waals surface area contributed by atoms with Gasteiger partial charge < -0.3 is 19.3 Å². The molecule has 0 saturated heterocycles. The number of carboxylic acids is 1. The van der Waals surface area contributed by atoms with Crippen LogP contribution in [0.4, 0.5) is 8.78 Å². The van der Waals surface area contributed by atoms with Gasteiger partial charge in [0.05, 0.1) is 17.2 Å². The van der Waals surface area contributed by atoms with Crippen molar-refractivity contribution in [3.63, 3.8) is 0 Å². The number of aliphatic carboxylic acids is 1. The van der Waals surface area contributed by atoms with E-state index in [1.807, 2.05) is 0 Å². The smallest absolute Gasteiger partial charge is 0.382 e. The Labute approximate surface area is 212 Å². The van der Waals surface area contributed by atoms with E-state index in [4.69, 9.17) is 19.3 Å². The molecular formula is C28H28F2O7. The van der Waals surface area contributed by atoms with Crippen molar-refractivity contribution in [1.82, 2.24) is 0 Å². The predicted molar refractivity (Wildman–Crippen MR) is 126 cm³/mol. The average molecular weight is 515 g/mol. The highest BCUT2D eigenvalue weighted by atomic mass is 19.3. The zero-order valence-electron chi connectivity index (χ0n) is 20.1. The number of halogens is 2. The highest BCUT2D eigenvalue weighted by Gasteiger charge is 2.54. The minimum atomic E-state index is -4.35. The zero-order valence-corrected chi connectivity index (χ0v) is 20.1. The third-order valence-corrected chi connectivity index (χ3v) is 8.14. The second kappa shape index (κ2) is 10.2. The van der Waals surface area contributed by atoms with Gasteiger partial charge in [-0.3, -0.25) is 0 Å². The van der Waals surface area contributed by atoms with Gasteiger partial charge in [0.1, 0.15) is 0 Å². The second-order valence-electron chi connectivity index (χ2n) is 10.1. The van der Waals surface area contributed by atoms with E-state index in [2.05, 4.69) is 0 Å². The molecule has 9 heteroatoms. The molecule has 3 aliphatic rings. The van der Waals surface area contributed by atoms with Crippen LogP contribution in [0.5, 0.6) is 0 Å². The van der Waals surface area contributed by atoms with Crippen molar-refractivity contribution >= 4 is 17.9 Å². The van der Waals surface area contributed by atoms with E-state index >= 15 is 0 Å². The topological polar surface area (TPSA) is 99.1 Å². The predicted octanol–water partition coefficient (Wildman–Crippen LogP) is 5.26.